The number of anilines is 2. The average molecular weight is 401 g/mol. The lowest BCUT2D eigenvalue weighted by Crippen LogP contribution is -2.57. The van der Waals surface area contributed by atoms with Gasteiger partial charge in [-0.15, -0.1) is 0 Å². The van der Waals surface area contributed by atoms with Crippen molar-refractivity contribution in [2.75, 3.05) is 43.5 Å². The highest BCUT2D eigenvalue weighted by Crippen LogP contribution is 2.40. The zero-order chi connectivity index (χ0) is 21.1. The van der Waals surface area contributed by atoms with E-state index in [-0.39, 0.29) is 30.3 Å². The van der Waals surface area contributed by atoms with Crippen molar-refractivity contribution in [3.63, 3.8) is 0 Å². The summed E-state index contributed by atoms with van der Waals surface area (Å²) < 4.78 is 0. The van der Waals surface area contributed by atoms with Gasteiger partial charge in [-0.05, 0) is 49.8 Å². The second kappa shape index (κ2) is 8.84. The topological polar surface area (TPSA) is 73.0 Å². The van der Waals surface area contributed by atoms with Crippen LogP contribution in [0.5, 0.6) is 0 Å². The fourth-order valence-corrected chi connectivity index (χ4v) is 4.01. The number of hydrogen-bond acceptors (Lipinski definition) is 4. The van der Waals surface area contributed by atoms with Gasteiger partial charge in [0.25, 0.3) is 5.91 Å². The third-order valence-electron chi connectivity index (χ3n) is 5.63. The molecule has 7 nitrogen and oxygen atoms in total. The molecule has 1 fully saturated rings. The van der Waals surface area contributed by atoms with E-state index in [0.29, 0.717) is 23.7 Å². The van der Waals surface area contributed by atoms with Gasteiger partial charge in [0.05, 0.1) is 11.4 Å². The van der Waals surface area contributed by atoms with Crippen LogP contribution in [0.3, 0.4) is 0 Å². The van der Waals surface area contributed by atoms with Gasteiger partial charge in [0, 0.05) is 32.7 Å². The van der Waals surface area contributed by atoms with Crippen LogP contribution in [0.15, 0.2) is 18.2 Å². The smallest absolute Gasteiger partial charge is 0.253 e. The summed E-state index contributed by atoms with van der Waals surface area (Å²) >= 11 is 0. The fraction of sp³-hybridized carbons (Fsp3) is 0.591. The number of carbonyl (C=O) groups excluding carboxylic acids is 3. The molecule has 3 rings (SSSR count). The number of rotatable bonds is 6. The van der Waals surface area contributed by atoms with Gasteiger partial charge >= 0.3 is 0 Å². The van der Waals surface area contributed by atoms with Crippen LogP contribution in [0.2, 0.25) is 0 Å². The van der Waals surface area contributed by atoms with Crippen molar-refractivity contribution in [2.24, 2.45) is 5.92 Å². The van der Waals surface area contributed by atoms with Crippen molar-refractivity contribution < 1.29 is 14.4 Å². The molecule has 0 saturated carbocycles. The third-order valence-corrected chi connectivity index (χ3v) is 5.63. The molecule has 0 spiro atoms. The summed E-state index contributed by atoms with van der Waals surface area (Å²) in [6.45, 7) is 5.61. The maximum atomic E-state index is 13.3. The number of nitrogens with zero attached hydrogens (tertiary/aromatic N) is 3. The van der Waals surface area contributed by atoms with Crippen LogP contribution in [0.25, 0.3) is 0 Å². The zero-order valence-corrected chi connectivity index (χ0v) is 17.9. The summed E-state index contributed by atoms with van der Waals surface area (Å²) in [7, 11) is 3.40. The number of hydrogen-bond donors (Lipinski definition) is 1. The van der Waals surface area contributed by atoms with E-state index in [0.717, 1.165) is 37.9 Å². The first-order valence-corrected chi connectivity index (χ1v) is 10.5. The highest BCUT2D eigenvalue weighted by atomic mass is 16.2. The number of benzene rings is 1. The number of fused-ring (bicyclic) bond motifs is 3. The molecule has 0 aromatic heterocycles. The van der Waals surface area contributed by atoms with Crippen molar-refractivity contribution in [3.05, 3.63) is 23.8 Å². The van der Waals surface area contributed by atoms with Crippen LogP contribution in [-0.4, -0.2) is 62.4 Å². The average Bonchev–Trinajstić information content (AvgIpc) is 2.69. The standard InChI is InChI=1S/C22H32N4O3/c1-15(2)10-11-23-20(27)14-26-19-13-16(21(28)24(3)4)8-9-17(19)25-12-6-5-7-18(25)22(26)29/h8-9,13,15,18H,5-7,10-12,14H2,1-4H3,(H,23,27)/t18-/m0/s1. The molecule has 1 N–H and O–H groups in total. The van der Waals surface area contributed by atoms with Gasteiger partial charge in [0.15, 0.2) is 0 Å². The summed E-state index contributed by atoms with van der Waals surface area (Å²) in [5.74, 6) is 0.162. The number of amides is 3. The summed E-state index contributed by atoms with van der Waals surface area (Å²) in [6.07, 6.45) is 3.74. The Balaban J connectivity index is 1.90. The van der Waals surface area contributed by atoms with Gasteiger partial charge in [-0.1, -0.05) is 13.8 Å². The van der Waals surface area contributed by atoms with Gasteiger partial charge in [-0.3, -0.25) is 19.3 Å². The summed E-state index contributed by atoms with van der Waals surface area (Å²) in [5.41, 5.74) is 2.10. The minimum Gasteiger partial charge on any atom is -0.358 e. The number of nitrogens with one attached hydrogen (secondary N) is 1. The number of carbonyl (C=O) groups is 3. The van der Waals surface area contributed by atoms with E-state index in [9.17, 15) is 14.4 Å². The van der Waals surface area contributed by atoms with Gasteiger partial charge < -0.3 is 15.1 Å². The maximum absolute atomic E-state index is 13.3. The van der Waals surface area contributed by atoms with Crippen LogP contribution in [0.1, 0.15) is 49.9 Å². The lowest BCUT2D eigenvalue weighted by atomic mass is 9.95. The van der Waals surface area contributed by atoms with Gasteiger partial charge in [0.2, 0.25) is 11.8 Å². The number of piperidine rings is 1. The van der Waals surface area contributed by atoms with Crippen LogP contribution in [-0.2, 0) is 9.59 Å². The van der Waals surface area contributed by atoms with E-state index in [1.54, 1.807) is 25.1 Å². The first-order valence-electron chi connectivity index (χ1n) is 10.5. The molecule has 158 valence electrons. The molecule has 0 radical (unpaired) electrons. The fourth-order valence-electron chi connectivity index (χ4n) is 4.01. The Kier molecular flexibility index (Phi) is 6.45. The second-order valence-corrected chi connectivity index (χ2v) is 8.56. The quantitative estimate of drug-likeness (QED) is 0.795. The molecule has 1 atom stereocenters. The molecule has 3 amide bonds. The van der Waals surface area contributed by atoms with Crippen LogP contribution in [0, 0.1) is 5.92 Å². The normalized spacial score (nSPS) is 18.4. The second-order valence-electron chi connectivity index (χ2n) is 8.56. The van der Waals surface area contributed by atoms with Crippen LogP contribution in [0.4, 0.5) is 11.4 Å². The molecule has 0 aliphatic carbocycles. The van der Waals surface area contributed by atoms with Crippen molar-refractivity contribution in [2.45, 2.75) is 45.6 Å². The minimum absolute atomic E-state index is 0.0200. The maximum Gasteiger partial charge on any atom is 0.253 e. The van der Waals surface area contributed by atoms with Crippen molar-refractivity contribution in [3.8, 4) is 0 Å². The lowest BCUT2D eigenvalue weighted by molar-refractivity contribution is -0.125. The van der Waals surface area contributed by atoms with Crippen LogP contribution >= 0.6 is 0 Å². The van der Waals surface area contributed by atoms with Crippen molar-refractivity contribution >= 4 is 29.1 Å². The largest absolute Gasteiger partial charge is 0.358 e. The monoisotopic (exact) mass is 400 g/mol. The molecule has 2 heterocycles. The Morgan fingerprint density at radius 1 is 1.21 bits per heavy atom. The van der Waals surface area contributed by atoms with Crippen LogP contribution < -0.4 is 15.1 Å². The van der Waals surface area contributed by atoms with E-state index in [4.69, 9.17) is 0 Å². The van der Waals surface area contributed by atoms with Gasteiger partial charge in [0.1, 0.15) is 12.6 Å². The first-order chi connectivity index (χ1) is 13.8. The van der Waals surface area contributed by atoms with E-state index < -0.39 is 0 Å². The Labute approximate surface area is 173 Å². The summed E-state index contributed by atoms with van der Waals surface area (Å²) in [4.78, 5) is 43.5. The predicted octanol–water partition coefficient (Wildman–Crippen LogP) is 2.26. The van der Waals surface area contributed by atoms with Gasteiger partial charge in [-0.25, -0.2) is 0 Å². The van der Waals surface area contributed by atoms with E-state index >= 15 is 0 Å². The first kappa shape index (κ1) is 21.1. The molecular formula is C22H32N4O3. The summed E-state index contributed by atoms with van der Waals surface area (Å²) in [6, 6.07) is 5.25. The predicted molar refractivity (Wildman–Crippen MR) is 114 cm³/mol. The third kappa shape index (κ3) is 4.54. The molecule has 7 heteroatoms. The molecule has 0 unspecified atom stereocenters. The molecule has 2 aliphatic rings. The lowest BCUT2D eigenvalue weighted by Gasteiger charge is -2.45. The van der Waals surface area contributed by atoms with Crippen molar-refractivity contribution in [1.29, 1.82) is 0 Å². The Morgan fingerprint density at radius 3 is 2.66 bits per heavy atom. The summed E-state index contributed by atoms with van der Waals surface area (Å²) in [5, 5.41) is 2.92. The molecule has 29 heavy (non-hydrogen) atoms. The van der Waals surface area contributed by atoms with E-state index in [2.05, 4.69) is 24.1 Å². The highest BCUT2D eigenvalue weighted by molar-refractivity contribution is 6.09. The Hall–Kier alpha value is -2.57. The van der Waals surface area contributed by atoms with E-state index in [1.165, 1.54) is 4.90 Å². The zero-order valence-electron chi connectivity index (χ0n) is 17.9. The minimum atomic E-state index is -0.227. The molecule has 1 saturated heterocycles. The van der Waals surface area contributed by atoms with E-state index in [1.807, 2.05) is 12.1 Å². The highest BCUT2D eigenvalue weighted by Gasteiger charge is 2.40. The SMILES string of the molecule is CC(C)CCNC(=O)CN1C(=O)[C@@H]2CCCCN2c2ccc(C(=O)N(C)C)cc21. The van der Waals surface area contributed by atoms with Crippen molar-refractivity contribution in [1.82, 2.24) is 10.2 Å². The molecule has 1 aromatic rings. The molecular weight excluding hydrogens is 368 g/mol. The Morgan fingerprint density at radius 2 is 1.97 bits per heavy atom. The molecule has 2 aliphatic heterocycles. The molecule has 1 aromatic carbocycles. The Bertz CT molecular complexity index is 790. The van der Waals surface area contributed by atoms with Gasteiger partial charge in [-0.2, -0.15) is 0 Å². The molecule has 0 bridgehead atoms.